The normalized spacial score (nSPS) is 11.7. The van der Waals surface area contributed by atoms with E-state index in [1.54, 1.807) is 19.9 Å². The standard InChI is InChI=1S/C20H19FN4O4/c1-11(2)28-20(27)15-8-13(21)6-12-7-14(29-17(12)15)10-25-19(26)16(9-22)18-23-4-3-5-24-18/h3-9,11H,10,22H2,1-2H3,(H,25,26)/b16-9+. The molecule has 0 unspecified atom stereocenters. The summed E-state index contributed by atoms with van der Waals surface area (Å²) in [5, 5.41) is 3.01. The van der Waals surface area contributed by atoms with E-state index < -0.39 is 17.7 Å². The van der Waals surface area contributed by atoms with Crippen molar-refractivity contribution in [3.8, 4) is 0 Å². The van der Waals surface area contributed by atoms with Crippen molar-refractivity contribution in [2.75, 3.05) is 0 Å². The topological polar surface area (TPSA) is 120 Å². The molecule has 0 bridgehead atoms. The van der Waals surface area contributed by atoms with Gasteiger partial charge in [0, 0.05) is 24.0 Å². The molecule has 3 aromatic rings. The van der Waals surface area contributed by atoms with Crippen LogP contribution in [-0.4, -0.2) is 27.9 Å². The summed E-state index contributed by atoms with van der Waals surface area (Å²) in [4.78, 5) is 32.6. The molecule has 150 valence electrons. The van der Waals surface area contributed by atoms with Crippen LogP contribution in [0.5, 0.6) is 0 Å². The van der Waals surface area contributed by atoms with Gasteiger partial charge in [0.1, 0.15) is 22.7 Å². The van der Waals surface area contributed by atoms with E-state index in [4.69, 9.17) is 14.9 Å². The first-order valence-electron chi connectivity index (χ1n) is 8.79. The van der Waals surface area contributed by atoms with E-state index in [1.807, 2.05) is 0 Å². The number of nitrogens with zero attached hydrogens (tertiary/aromatic N) is 2. The number of amides is 1. The Labute approximate surface area is 165 Å². The van der Waals surface area contributed by atoms with Gasteiger partial charge >= 0.3 is 5.97 Å². The first kappa shape index (κ1) is 20.0. The second-order valence-electron chi connectivity index (χ2n) is 6.37. The summed E-state index contributed by atoms with van der Waals surface area (Å²) in [7, 11) is 0. The summed E-state index contributed by atoms with van der Waals surface area (Å²) in [6.07, 6.45) is 3.73. The monoisotopic (exact) mass is 398 g/mol. The van der Waals surface area contributed by atoms with Gasteiger partial charge in [-0.1, -0.05) is 0 Å². The van der Waals surface area contributed by atoms with Crippen LogP contribution in [-0.2, 0) is 16.1 Å². The SMILES string of the molecule is CC(C)OC(=O)c1cc(F)cc2cc(CNC(=O)/C(=C/N)c3ncccn3)oc12. The van der Waals surface area contributed by atoms with Crippen molar-refractivity contribution in [2.45, 2.75) is 26.5 Å². The maximum Gasteiger partial charge on any atom is 0.342 e. The van der Waals surface area contributed by atoms with E-state index in [9.17, 15) is 14.0 Å². The van der Waals surface area contributed by atoms with Crippen LogP contribution in [0.15, 0.2) is 47.3 Å². The summed E-state index contributed by atoms with van der Waals surface area (Å²) in [6, 6.07) is 5.45. The van der Waals surface area contributed by atoms with E-state index in [0.717, 1.165) is 12.3 Å². The van der Waals surface area contributed by atoms with Crippen LogP contribution < -0.4 is 11.1 Å². The summed E-state index contributed by atoms with van der Waals surface area (Å²) in [5.74, 6) is -1.30. The summed E-state index contributed by atoms with van der Waals surface area (Å²) >= 11 is 0. The second kappa shape index (κ2) is 8.51. The minimum Gasteiger partial charge on any atom is -0.459 e. The fourth-order valence-corrected chi connectivity index (χ4v) is 2.64. The number of carbonyl (C=O) groups excluding carboxylic acids is 2. The molecule has 0 aliphatic rings. The predicted molar refractivity (Wildman–Crippen MR) is 103 cm³/mol. The maximum absolute atomic E-state index is 13.9. The molecule has 0 saturated carbocycles. The summed E-state index contributed by atoms with van der Waals surface area (Å²) < 4.78 is 24.7. The van der Waals surface area contributed by atoms with E-state index >= 15 is 0 Å². The zero-order valence-electron chi connectivity index (χ0n) is 15.8. The van der Waals surface area contributed by atoms with E-state index in [0.29, 0.717) is 11.1 Å². The third kappa shape index (κ3) is 4.57. The molecule has 8 nitrogen and oxygen atoms in total. The van der Waals surface area contributed by atoms with Gasteiger partial charge in [0.05, 0.1) is 18.2 Å². The molecule has 2 heterocycles. The molecule has 9 heteroatoms. The molecule has 0 spiro atoms. The molecule has 0 aliphatic heterocycles. The first-order chi connectivity index (χ1) is 13.9. The highest BCUT2D eigenvalue weighted by molar-refractivity contribution is 6.18. The average Bonchev–Trinajstić information content (AvgIpc) is 3.09. The Hall–Kier alpha value is -3.75. The average molecular weight is 398 g/mol. The van der Waals surface area contributed by atoms with Crippen molar-refractivity contribution in [1.82, 2.24) is 15.3 Å². The number of halogens is 1. The molecular weight excluding hydrogens is 379 g/mol. The zero-order chi connectivity index (χ0) is 21.0. The Morgan fingerprint density at radius 2 is 2.00 bits per heavy atom. The predicted octanol–water partition coefficient (Wildman–Crippen LogP) is 2.54. The molecule has 1 aromatic carbocycles. The minimum atomic E-state index is -0.691. The van der Waals surface area contributed by atoms with Gasteiger partial charge in [-0.25, -0.2) is 19.2 Å². The van der Waals surface area contributed by atoms with E-state index in [2.05, 4.69) is 15.3 Å². The highest BCUT2D eigenvalue weighted by Crippen LogP contribution is 2.26. The molecule has 0 atom stereocenters. The highest BCUT2D eigenvalue weighted by atomic mass is 19.1. The first-order valence-corrected chi connectivity index (χ1v) is 8.79. The Balaban J connectivity index is 1.81. The Morgan fingerprint density at radius 1 is 1.28 bits per heavy atom. The van der Waals surface area contributed by atoms with Crippen LogP contribution in [0.1, 0.15) is 35.8 Å². The lowest BCUT2D eigenvalue weighted by Gasteiger charge is -2.08. The Morgan fingerprint density at radius 3 is 2.66 bits per heavy atom. The lowest BCUT2D eigenvalue weighted by atomic mass is 10.1. The number of esters is 1. The summed E-state index contributed by atoms with van der Waals surface area (Å²) in [6.45, 7) is 3.37. The number of ether oxygens (including phenoxy) is 1. The van der Waals surface area contributed by atoms with Crippen molar-refractivity contribution in [3.05, 3.63) is 65.8 Å². The molecule has 0 fully saturated rings. The number of hydrogen-bond donors (Lipinski definition) is 2. The third-order valence-corrected chi connectivity index (χ3v) is 3.84. The fraction of sp³-hybridized carbons (Fsp3) is 0.200. The number of aromatic nitrogens is 2. The lowest BCUT2D eigenvalue weighted by molar-refractivity contribution is -0.115. The van der Waals surface area contributed by atoms with Gasteiger partial charge in [-0.3, -0.25) is 4.79 Å². The largest absolute Gasteiger partial charge is 0.459 e. The number of hydrogen-bond acceptors (Lipinski definition) is 7. The molecule has 0 aliphatic carbocycles. The molecule has 3 rings (SSSR count). The molecule has 29 heavy (non-hydrogen) atoms. The van der Waals surface area contributed by atoms with Gasteiger partial charge < -0.3 is 20.2 Å². The number of benzene rings is 1. The molecule has 3 N–H and O–H groups in total. The quantitative estimate of drug-likeness (QED) is 0.483. The van der Waals surface area contributed by atoms with Gasteiger partial charge in [0.25, 0.3) is 5.91 Å². The van der Waals surface area contributed by atoms with Crippen LogP contribution in [0, 0.1) is 5.82 Å². The van der Waals surface area contributed by atoms with Gasteiger partial charge in [-0.05, 0) is 38.1 Å². The van der Waals surface area contributed by atoms with Crippen LogP contribution in [0.2, 0.25) is 0 Å². The third-order valence-electron chi connectivity index (χ3n) is 3.84. The Kier molecular flexibility index (Phi) is 5.87. The van der Waals surface area contributed by atoms with Crippen molar-refractivity contribution in [3.63, 3.8) is 0 Å². The number of carbonyl (C=O) groups is 2. The van der Waals surface area contributed by atoms with Gasteiger partial charge in [0.2, 0.25) is 0 Å². The van der Waals surface area contributed by atoms with Crippen LogP contribution in [0.25, 0.3) is 16.5 Å². The number of nitrogens with one attached hydrogen (secondary N) is 1. The lowest BCUT2D eigenvalue weighted by Crippen LogP contribution is -2.25. The minimum absolute atomic E-state index is 0.0159. The van der Waals surface area contributed by atoms with Crippen molar-refractivity contribution >= 4 is 28.4 Å². The maximum atomic E-state index is 13.9. The molecule has 0 saturated heterocycles. The number of nitrogens with two attached hydrogens (primary N) is 1. The number of furan rings is 1. The fourth-order valence-electron chi connectivity index (χ4n) is 2.64. The molecule has 1 amide bonds. The van der Waals surface area contributed by atoms with E-state index in [-0.39, 0.29) is 35.2 Å². The highest BCUT2D eigenvalue weighted by Gasteiger charge is 2.20. The molecular formula is C20H19FN4O4. The number of rotatable bonds is 6. The van der Waals surface area contributed by atoms with Crippen LogP contribution in [0.4, 0.5) is 4.39 Å². The van der Waals surface area contributed by atoms with Crippen molar-refractivity contribution in [2.24, 2.45) is 5.73 Å². The Bertz CT molecular complexity index is 1080. The molecule has 0 radical (unpaired) electrons. The van der Waals surface area contributed by atoms with E-state index in [1.165, 1.54) is 24.5 Å². The zero-order valence-corrected chi connectivity index (χ0v) is 15.8. The van der Waals surface area contributed by atoms with Gasteiger partial charge in [0.15, 0.2) is 5.82 Å². The molecule has 2 aromatic heterocycles. The summed E-state index contributed by atoms with van der Waals surface area (Å²) in [5.41, 5.74) is 5.78. The second-order valence-corrected chi connectivity index (χ2v) is 6.37. The number of fused-ring (bicyclic) bond motifs is 1. The van der Waals surface area contributed by atoms with Crippen LogP contribution >= 0.6 is 0 Å². The smallest absolute Gasteiger partial charge is 0.342 e. The van der Waals surface area contributed by atoms with Gasteiger partial charge in [-0.2, -0.15) is 0 Å². The van der Waals surface area contributed by atoms with Crippen molar-refractivity contribution in [1.29, 1.82) is 0 Å². The van der Waals surface area contributed by atoms with Gasteiger partial charge in [-0.15, -0.1) is 0 Å². The van der Waals surface area contributed by atoms with Crippen molar-refractivity contribution < 1.29 is 23.1 Å². The van der Waals surface area contributed by atoms with Crippen LogP contribution in [0.3, 0.4) is 0 Å².